The second kappa shape index (κ2) is 6.17. The number of carbonyl (C=O) groups excluding carboxylic acids is 1. The average Bonchev–Trinajstić information content (AvgIpc) is 2.26. The number of carbonyl (C=O) groups is 2. The summed E-state index contributed by atoms with van der Waals surface area (Å²) in [4.78, 5) is 28.3. The van der Waals surface area contributed by atoms with Gasteiger partial charge in [-0.2, -0.15) is 0 Å². The highest BCUT2D eigenvalue weighted by molar-refractivity contribution is 5.88. The number of likely N-dealkylation sites (N-methyl/N-ethyl adjacent to an activating group) is 1. The van der Waals surface area contributed by atoms with Gasteiger partial charge in [-0.05, 0) is 32.4 Å². The highest BCUT2D eigenvalue weighted by Crippen LogP contribution is 2.16. The van der Waals surface area contributed by atoms with Gasteiger partial charge in [0.05, 0.1) is 12.1 Å². The molecule has 0 aromatic carbocycles. The number of aryl methyl sites for hydroxylation is 1. The molecule has 2 N–H and O–H groups in total. The van der Waals surface area contributed by atoms with Crippen LogP contribution in [0.4, 0.5) is 5.82 Å². The van der Waals surface area contributed by atoms with E-state index in [1.165, 1.54) is 6.20 Å². The van der Waals surface area contributed by atoms with Gasteiger partial charge >= 0.3 is 5.97 Å². The number of hydrogen-bond donors (Lipinski definition) is 2. The fourth-order valence-corrected chi connectivity index (χ4v) is 1.74. The first-order valence-corrected chi connectivity index (χ1v) is 6.01. The summed E-state index contributed by atoms with van der Waals surface area (Å²) in [6.07, 6.45) is 1.29. The third-order valence-electron chi connectivity index (χ3n) is 2.49. The lowest BCUT2D eigenvalue weighted by Gasteiger charge is -2.20. The van der Waals surface area contributed by atoms with Gasteiger partial charge in [0.1, 0.15) is 5.82 Å². The number of hydrogen-bond acceptors (Lipinski definition) is 4. The number of anilines is 1. The Kier molecular flexibility index (Phi) is 4.86. The van der Waals surface area contributed by atoms with Crippen LogP contribution in [0.2, 0.25) is 0 Å². The van der Waals surface area contributed by atoms with E-state index in [9.17, 15) is 9.59 Å². The lowest BCUT2D eigenvalue weighted by atomic mass is 10.2. The summed E-state index contributed by atoms with van der Waals surface area (Å²) in [7, 11) is 1.75. The second-order valence-corrected chi connectivity index (χ2v) is 4.75. The van der Waals surface area contributed by atoms with Crippen LogP contribution in [0.5, 0.6) is 0 Å². The molecule has 104 valence electrons. The van der Waals surface area contributed by atoms with Crippen molar-refractivity contribution in [3.8, 4) is 0 Å². The number of carboxylic acids is 1. The molecule has 0 aliphatic carbocycles. The number of carboxylic acid groups (broad SMARTS) is 1. The molecule has 0 bridgehead atoms. The van der Waals surface area contributed by atoms with Crippen molar-refractivity contribution in [3.63, 3.8) is 0 Å². The van der Waals surface area contributed by atoms with Crippen molar-refractivity contribution < 1.29 is 14.7 Å². The minimum atomic E-state index is -1.01. The number of aromatic carboxylic acids is 1. The molecule has 0 radical (unpaired) electrons. The molecule has 6 heteroatoms. The van der Waals surface area contributed by atoms with Crippen LogP contribution in [0.15, 0.2) is 12.3 Å². The quantitative estimate of drug-likeness (QED) is 0.831. The van der Waals surface area contributed by atoms with Gasteiger partial charge < -0.3 is 15.3 Å². The highest BCUT2D eigenvalue weighted by atomic mass is 16.4. The molecule has 1 aromatic rings. The Bertz CT molecular complexity index is 486. The van der Waals surface area contributed by atoms with E-state index in [2.05, 4.69) is 10.3 Å². The van der Waals surface area contributed by atoms with E-state index in [0.717, 1.165) is 5.56 Å². The van der Waals surface area contributed by atoms with Crippen LogP contribution in [0.25, 0.3) is 0 Å². The highest BCUT2D eigenvalue weighted by Gasteiger charge is 2.13. The van der Waals surface area contributed by atoms with Gasteiger partial charge in [-0.1, -0.05) is 0 Å². The molecule has 0 atom stereocenters. The first-order valence-electron chi connectivity index (χ1n) is 6.01. The Morgan fingerprint density at radius 2 is 2.11 bits per heavy atom. The smallest absolute Gasteiger partial charge is 0.337 e. The molecule has 0 aliphatic rings. The zero-order valence-electron chi connectivity index (χ0n) is 11.6. The van der Waals surface area contributed by atoms with Gasteiger partial charge in [-0.3, -0.25) is 4.79 Å². The summed E-state index contributed by atoms with van der Waals surface area (Å²) in [6, 6.07) is 1.63. The van der Waals surface area contributed by atoms with Crippen LogP contribution in [-0.2, 0) is 4.79 Å². The molecular weight excluding hydrogens is 246 g/mol. The molecular formula is C13H19N3O3. The molecule has 0 saturated carbocycles. The standard InChI is InChI=1S/C13H19N3O3/c1-8(2)15-11(17)7-16(4)12-9(3)5-10(6-14-12)13(18)19/h5-6,8H,7H2,1-4H3,(H,15,17)(H,18,19). The molecule has 0 unspecified atom stereocenters. The predicted octanol–water partition coefficient (Wildman–Crippen LogP) is 1.05. The summed E-state index contributed by atoms with van der Waals surface area (Å²) >= 11 is 0. The molecule has 1 amide bonds. The average molecular weight is 265 g/mol. The number of pyridine rings is 1. The summed E-state index contributed by atoms with van der Waals surface area (Å²) in [5, 5.41) is 11.7. The fourth-order valence-electron chi connectivity index (χ4n) is 1.74. The molecule has 0 saturated heterocycles. The Morgan fingerprint density at radius 3 is 2.58 bits per heavy atom. The zero-order chi connectivity index (χ0) is 14.6. The van der Waals surface area contributed by atoms with E-state index in [4.69, 9.17) is 5.11 Å². The Labute approximate surface area is 112 Å². The number of nitrogens with zero attached hydrogens (tertiary/aromatic N) is 2. The van der Waals surface area contributed by atoms with Gasteiger partial charge in [0, 0.05) is 19.3 Å². The molecule has 19 heavy (non-hydrogen) atoms. The molecule has 1 rings (SSSR count). The monoisotopic (exact) mass is 265 g/mol. The maximum Gasteiger partial charge on any atom is 0.337 e. The van der Waals surface area contributed by atoms with Gasteiger partial charge in [-0.15, -0.1) is 0 Å². The molecule has 0 fully saturated rings. The van der Waals surface area contributed by atoms with E-state index in [0.29, 0.717) is 5.82 Å². The van der Waals surface area contributed by atoms with Crippen LogP contribution in [0.1, 0.15) is 29.8 Å². The van der Waals surface area contributed by atoms with Crippen molar-refractivity contribution >= 4 is 17.7 Å². The van der Waals surface area contributed by atoms with Gasteiger partial charge in [0.2, 0.25) is 5.91 Å². The van der Waals surface area contributed by atoms with E-state index < -0.39 is 5.97 Å². The normalized spacial score (nSPS) is 10.4. The van der Waals surface area contributed by atoms with Gasteiger partial charge in [-0.25, -0.2) is 9.78 Å². The molecule has 1 aromatic heterocycles. The third kappa shape index (κ3) is 4.24. The third-order valence-corrected chi connectivity index (χ3v) is 2.49. The largest absolute Gasteiger partial charge is 0.478 e. The van der Waals surface area contributed by atoms with Crippen molar-refractivity contribution in [2.45, 2.75) is 26.8 Å². The predicted molar refractivity (Wildman–Crippen MR) is 72.5 cm³/mol. The summed E-state index contributed by atoms with van der Waals surface area (Å²) in [6.45, 7) is 5.73. The number of rotatable bonds is 5. The molecule has 6 nitrogen and oxygen atoms in total. The van der Waals surface area contributed by atoms with E-state index in [1.54, 1.807) is 24.9 Å². The first-order chi connectivity index (χ1) is 8.81. The maximum atomic E-state index is 11.6. The summed E-state index contributed by atoms with van der Waals surface area (Å²) in [5.74, 6) is -0.507. The zero-order valence-corrected chi connectivity index (χ0v) is 11.6. The van der Waals surface area contributed by atoms with Crippen LogP contribution in [-0.4, -0.2) is 41.6 Å². The fraction of sp³-hybridized carbons (Fsp3) is 0.462. The van der Waals surface area contributed by atoms with Crippen molar-refractivity contribution in [3.05, 3.63) is 23.4 Å². The molecule has 0 spiro atoms. The second-order valence-electron chi connectivity index (χ2n) is 4.75. The van der Waals surface area contributed by atoms with Crippen LogP contribution < -0.4 is 10.2 Å². The lowest BCUT2D eigenvalue weighted by Crippen LogP contribution is -2.39. The summed E-state index contributed by atoms with van der Waals surface area (Å²) in [5.41, 5.74) is 0.862. The Hall–Kier alpha value is -2.11. The number of aromatic nitrogens is 1. The number of nitrogens with one attached hydrogen (secondary N) is 1. The SMILES string of the molecule is Cc1cc(C(=O)O)cnc1N(C)CC(=O)NC(C)C. The minimum Gasteiger partial charge on any atom is -0.478 e. The van der Waals surface area contributed by atoms with Gasteiger partial charge in [0.25, 0.3) is 0 Å². The minimum absolute atomic E-state index is 0.0874. The number of amides is 1. The van der Waals surface area contributed by atoms with Crippen molar-refractivity contribution in [1.29, 1.82) is 0 Å². The van der Waals surface area contributed by atoms with E-state index >= 15 is 0 Å². The molecule has 1 heterocycles. The lowest BCUT2D eigenvalue weighted by molar-refractivity contribution is -0.120. The van der Waals surface area contributed by atoms with Crippen LogP contribution >= 0.6 is 0 Å². The van der Waals surface area contributed by atoms with Crippen molar-refractivity contribution in [2.24, 2.45) is 0 Å². The van der Waals surface area contributed by atoms with Gasteiger partial charge in [0.15, 0.2) is 0 Å². The Morgan fingerprint density at radius 1 is 1.47 bits per heavy atom. The first kappa shape index (κ1) is 14.9. The maximum absolute atomic E-state index is 11.6. The van der Waals surface area contributed by atoms with Crippen molar-refractivity contribution in [2.75, 3.05) is 18.5 Å². The topological polar surface area (TPSA) is 82.5 Å². The van der Waals surface area contributed by atoms with Crippen LogP contribution in [0, 0.1) is 6.92 Å². The van der Waals surface area contributed by atoms with Crippen LogP contribution in [0.3, 0.4) is 0 Å². The summed E-state index contributed by atoms with van der Waals surface area (Å²) < 4.78 is 0. The van der Waals surface area contributed by atoms with E-state index in [1.807, 2.05) is 13.8 Å². The molecule has 0 aliphatic heterocycles. The van der Waals surface area contributed by atoms with Crippen molar-refractivity contribution in [1.82, 2.24) is 10.3 Å². The Balaban J connectivity index is 2.80. The van der Waals surface area contributed by atoms with E-state index in [-0.39, 0.29) is 24.1 Å².